The van der Waals surface area contributed by atoms with Crippen LogP contribution in [0.15, 0.2) is 24.3 Å². The van der Waals surface area contributed by atoms with Gasteiger partial charge in [0.1, 0.15) is 6.29 Å². The molecular weight excluding hydrogens is 224 g/mol. The van der Waals surface area contributed by atoms with E-state index in [0.29, 0.717) is 0 Å². The summed E-state index contributed by atoms with van der Waals surface area (Å²) >= 11 is 0. The second-order valence-corrected chi connectivity index (χ2v) is 6.35. The summed E-state index contributed by atoms with van der Waals surface area (Å²) in [4.78, 5) is 10.8. The molecule has 1 N–H and O–H groups in total. The van der Waals surface area contributed by atoms with E-state index >= 15 is 0 Å². The number of aliphatic hydroxyl groups is 1. The maximum atomic E-state index is 10.8. The number of benzene rings is 1. The van der Waals surface area contributed by atoms with Crippen molar-refractivity contribution in [2.45, 2.75) is 51.0 Å². The van der Waals surface area contributed by atoms with Crippen LogP contribution in [0.3, 0.4) is 0 Å². The van der Waals surface area contributed by atoms with Gasteiger partial charge in [0, 0.05) is 11.8 Å². The van der Waals surface area contributed by atoms with Crippen molar-refractivity contribution in [2.24, 2.45) is 5.92 Å². The monoisotopic (exact) mass is 246 g/mol. The standard InChI is InChI=1S/C16H22O2/c1-16(2,3)13-7-4-11(5-8-13)14-9-6-12(10-17)15(14)18/h4-5,7-8,10,12,14-15,18H,6,9H2,1-3H3/t12-,14?,15-/m0/s1. The number of aliphatic hydroxyl groups excluding tert-OH is 1. The van der Waals surface area contributed by atoms with Gasteiger partial charge in [0.15, 0.2) is 0 Å². The minimum absolute atomic E-state index is 0.120. The van der Waals surface area contributed by atoms with Gasteiger partial charge < -0.3 is 9.90 Å². The van der Waals surface area contributed by atoms with E-state index in [1.54, 1.807) is 0 Å². The molecule has 1 aliphatic rings. The van der Waals surface area contributed by atoms with Gasteiger partial charge in [0.25, 0.3) is 0 Å². The normalized spacial score (nSPS) is 28.3. The summed E-state index contributed by atoms with van der Waals surface area (Å²) in [5, 5.41) is 10.1. The molecule has 0 radical (unpaired) electrons. The van der Waals surface area contributed by atoms with Crippen molar-refractivity contribution >= 4 is 6.29 Å². The van der Waals surface area contributed by atoms with Crippen molar-refractivity contribution in [3.8, 4) is 0 Å². The summed E-state index contributed by atoms with van der Waals surface area (Å²) in [5.41, 5.74) is 2.60. The number of carbonyl (C=O) groups is 1. The quantitative estimate of drug-likeness (QED) is 0.814. The third-order valence-corrected chi connectivity index (χ3v) is 4.04. The average Bonchev–Trinajstić information content (AvgIpc) is 2.69. The summed E-state index contributed by atoms with van der Waals surface area (Å²) in [7, 11) is 0. The first kappa shape index (κ1) is 13.3. The van der Waals surface area contributed by atoms with Crippen molar-refractivity contribution in [2.75, 3.05) is 0 Å². The Hall–Kier alpha value is -1.15. The summed E-state index contributed by atoms with van der Waals surface area (Å²) in [6.45, 7) is 6.57. The zero-order chi connectivity index (χ0) is 13.3. The fourth-order valence-electron chi connectivity index (χ4n) is 2.75. The lowest BCUT2D eigenvalue weighted by Crippen LogP contribution is -2.20. The van der Waals surface area contributed by atoms with E-state index in [0.717, 1.165) is 24.7 Å². The third-order valence-electron chi connectivity index (χ3n) is 4.04. The Morgan fingerprint density at radius 2 is 1.78 bits per heavy atom. The summed E-state index contributed by atoms with van der Waals surface area (Å²) in [5.74, 6) is -0.0634. The highest BCUT2D eigenvalue weighted by Crippen LogP contribution is 2.38. The van der Waals surface area contributed by atoms with Crippen LogP contribution in [0.5, 0.6) is 0 Å². The Bertz CT molecular complexity index is 414. The van der Waals surface area contributed by atoms with Crippen LogP contribution < -0.4 is 0 Å². The molecule has 1 aromatic carbocycles. The van der Waals surface area contributed by atoms with Crippen LogP contribution in [0.2, 0.25) is 0 Å². The molecule has 1 aromatic rings. The number of hydrogen-bond donors (Lipinski definition) is 1. The summed E-state index contributed by atoms with van der Waals surface area (Å²) in [6.07, 6.45) is 2.09. The van der Waals surface area contributed by atoms with Crippen LogP contribution in [0.25, 0.3) is 0 Å². The third kappa shape index (κ3) is 2.49. The maximum Gasteiger partial charge on any atom is 0.125 e. The van der Waals surface area contributed by atoms with Gasteiger partial charge in [-0.15, -0.1) is 0 Å². The van der Waals surface area contributed by atoms with Gasteiger partial charge in [-0.2, -0.15) is 0 Å². The van der Waals surface area contributed by atoms with Crippen LogP contribution in [-0.4, -0.2) is 17.5 Å². The highest BCUT2D eigenvalue weighted by Gasteiger charge is 2.35. The fraction of sp³-hybridized carbons (Fsp3) is 0.562. The molecule has 0 saturated heterocycles. The van der Waals surface area contributed by atoms with E-state index in [-0.39, 0.29) is 17.3 Å². The van der Waals surface area contributed by atoms with E-state index in [1.807, 2.05) is 0 Å². The lowest BCUT2D eigenvalue weighted by molar-refractivity contribution is -0.113. The first-order chi connectivity index (χ1) is 8.43. The van der Waals surface area contributed by atoms with Crippen molar-refractivity contribution < 1.29 is 9.90 Å². The Morgan fingerprint density at radius 1 is 1.17 bits per heavy atom. The van der Waals surface area contributed by atoms with Gasteiger partial charge in [-0.1, -0.05) is 45.0 Å². The van der Waals surface area contributed by atoms with Gasteiger partial charge in [0.05, 0.1) is 6.10 Å². The smallest absolute Gasteiger partial charge is 0.125 e. The number of carbonyl (C=O) groups excluding carboxylic acids is 1. The predicted octanol–water partition coefficient (Wildman–Crippen LogP) is 3.04. The van der Waals surface area contributed by atoms with Crippen LogP contribution in [0, 0.1) is 5.92 Å². The molecule has 98 valence electrons. The van der Waals surface area contributed by atoms with Gasteiger partial charge in [0.2, 0.25) is 0 Å². The molecule has 1 unspecified atom stereocenters. The number of rotatable bonds is 2. The molecule has 0 aromatic heterocycles. The van der Waals surface area contributed by atoms with Gasteiger partial charge in [-0.25, -0.2) is 0 Å². The molecule has 2 rings (SSSR count). The molecule has 0 aliphatic heterocycles. The van der Waals surface area contributed by atoms with Crippen LogP contribution >= 0.6 is 0 Å². The van der Waals surface area contributed by atoms with Crippen molar-refractivity contribution in [3.63, 3.8) is 0 Å². The first-order valence-electron chi connectivity index (χ1n) is 6.67. The molecule has 1 fully saturated rings. The van der Waals surface area contributed by atoms with Crippen LogP contribution in [0.4, 0.5) is 0 Å². The first-order valence-corrected chi connectivity index (χ1v) is 6.67. The van der Waals surface area contributed by atoms with Crippen molar-refractivity contribution in [1.82, 2.24) is 0 Å². The minimum atomic E-state index is -0.511. The topological polar surface area (TPSA) is 37.3 Å². The van der Waals surface area contributed by atoms with E-state index in [9.17, 15) is 9.90 Å². The predicted molar refractivity (Wildman–Crippen MR) is 72.7 cm³/mol. The minimum Gasteiger partial charge on any atom is -0.392 e. The molecule has 18 heavy (non-hydrogen) atoms. The van der Waals surface area contributed by atoms with Crippen molar-refractivity contribution in [3.05, 3.63) is 35.4 Å². The second-order valence-electron chi connectivity index (χ2n) is 6.35. The molecule has 0 bridgehead atoms. The zero-order valence-corrected chi connectivity index (χ0v) is 11.4. The Balaban J connectivity index is 2.18. The Kier molecular flexibility index (Phi) is 3.58. The molecule has 0 heterocycles. The SMILES string of the molecule is CC(C)(C)c1ccc(C2CC[C@@H](C=O)[C@@H]2O)cc1. The molecule has 0 amide bonds. The molecule has 3 atom stereocenters. The number of aldehydes is 1. The van der Waals surface area contributed by atoms with Crippen molar-refractivity contribution in [1.29, 1.82) is 0 Å². The Labute approximate surface area is 109 Å². The summed E-state index contributed by atoms with van der Waals surface area (Å²) < 4.78 is 0. The average molecular weight is 246 g/mol. The largest absolute Gasteiger partial charge is 0.392 e. The van der Waals surface area contributed by atoms with E-state index in [4.69, 9.17) is 0 Å². The molecule has 2 nitrogen and oxygen atoms in total. The Morgan fingerprint density at radius 3 is 2.22 bits per heavy atom. The van der Waals surface area contributed by atoms with E-state index in [1.165, 1.54) is 5.56 Å². The maximum absolute atomic E-state index is 10.8. The molecule has 1 saturated carbocycles. The van der Waals surface area contributed by atoms with Crippen LogP contribution in [-0.2, 0) is 10.2 Å². The van der Waals surface area contributed by atoms with E-state index in [2.05, 4.69) is 45.0 Å². The lowest BCUT2D eigenvalue weighted by atomic mass is 9.85. The fourth-order valence-corrected chi connectivity index (χ4v) is 2.75. The molecule has 2 heteroatoms. The van der Waals surface area contributed by atoms with E-state index < -0.39 is 6.10 Å². The second kappa shape index (κ2) is 4.85. The molecular formula is C16H22O2. The highest BCUT2D eigenvalue weighted by atomic mass is 16.3. The molecule has 1 aliphatic carbocycles. The molecule has 0 spiro atoms. The highest BCUT2D eigenvalue weighted by molar-refractivity contribution is 5.56. The number of hydrogen-bond acceptors (Lipinski definition) is 2. The van der Waals surface area contributed by atoms with Crippen LogP contribution in [0.1, 0.15) is 50.7 Å². The van der Waals surface area contributed by atoms with Gasteiger partial charge in [-0.3, -0.25) is 0 Å². The zero-order valence-electron chi connectivity index (χ0n) is 11.4. The van der Waals surface area contributed by atoms with Gasteiger partial charge in [-0.05, 0) is 29.4 Å². The van der Waals surface area contributed by atoms with Gasteiger partial charge >= 0.3 is 0 Å². The lowest BCUT2D eigenvalue weighted by Gasteiger charge is -2.21. The summed E-state index contributed by atoms with van der Waals surface area (Å²) in [6, 6.07) is 8.47.